The second-order valence-corrected chi connectivity index (χ2v) is 9.86. The first-order chi connectivity index (χ1) is 13.9. The molecule has 4 nitrogen and oxygen atoms in total. The average molecular weight is 415 g/mol. The first-order valence-corrected chi connectivity index (χ1v) is 11.0. The third-order valence-corrected chi connectivity index (χ3v) is 6.93. The summed E-state index contributed by atoms with van der Waals surface area (Å²) in [5.41, 5.74) is 2.79. The van der Waals surface area contributed by atoms with Crippen molar-refractivity contribution in [3.05, 3.63) is 41.0 Å². The van der Waals surface area contributed by atoms with Gasteiger partial charge in [-0.25, -0.2) is 0 Å². The molecule has 0 aliphatic heterocycles. The van der Waals surface area contributed by atoms with Gasteiger partial charge < -0.3 is 15.3 Å². The Bertz CT molecular complexity index is 843. The van der Waals surface area contributed by atoms with Crippen LogP contribution < -0.4 is 0 Å². The lowest BCUT2D eigenvalue weighted by Gasteiger charge is -2.44. The van der Waals surface area contributed by atoms with Crippen molar-refractivity contribution >= 4 is 5.78 Å². The van der Waals surface area contributed by atoms with Crippen molar-refractivity contribution in [2.75, 3.05) is 0 Å². The quantitative estimate of drug-likeness (QED) is 0.350. The summed E-state index contributed by atoms with van der Waals surface area (Å²) in [6.45, 7) is 16.8. The van der Waals surface area contributed by atoms with Crippen molar-refractivity contribution < 1.29 is 20.1 Å². The fourth-order valence-electron chi connectivity index (χ4n) is 4.55. The van der Waals surface area contributed by atoms with Crippen LogP contribution in [0.1, 0.15) is 83.1 Å². The lowest BCUT2D eigenvalue weighted by molar-refractivity contribution is 0.0921. The number of allylic oxidation sites excluding steroid dienone is 3. The van der Waals surface area contributed by atoms with Gasteiger partial charge in [-0.3, -0.25) is 4.79 Å². The van der Waals surface area contributed by atoms with Crippen LogP contribution in [0.2, 0.25) is 0 Å². The van der Waals surface area contributed by atoms with E-state index < -0.39 is 0 Å². The van der Waals surface area contributed by atoms with E-state index in [1.165, 1.54) is 11.6 Å². The fraction of sp³-hybridized carbons (Fsp3) is 0.577. The Morgan fingerprint density at radius 3 is 2.47 bits per heavy atom. The van der Waals surface area contributed by atoms with Gasteiger partial charge in [0.15, 0.2) is 5.78 Å². The molecule has 1 fully saturated rings. The number of hydrogen-bond donors (Lipinski definition) is 3. The van der Waals surface area contributed by atoms with Gasteiger partial charge in [0, 0.05) is 17.5 Å². The normalized spacial score (nSPS) is 21.9. The second kappa shape index (κ2) is 9.28. The van der Waals surface area contributed by atoms with Crippen LogP contribution in [-0.2, 0) is 6.42 Å². The minimum atomic E-state index is -0.371. The Balaban J connectivity index is 2.38. The highest BCUT2D eigenvalue weighted by Gasteiger charge is 2.39. The number of carbonyl (C=O) groups is 1. The monoisotopic (exact) mass is 414 g/mol. The Kier molecular flexibility index (Phi) is 7.44. The summed E-state index contributed by atoms with van der Waals surface area (Å²) in [7, 11) is 0. The number of carbonyl (C=O) groups excluding carboxylic acids is 1. The summed E-state index contributed by atoms with van der Waals surface area (Å²) in [4.78, 5) is 12.7. The van der Waals surface area contributed by atoms with Crippen molar-refractivity contribution in [2.24, 2.45) is 23.2 Å². The molecule has 1 aliphatic carbocycles. The van der Waals surface area contributed by atoms with Crippen LogP contribution in [0.15, 0.2) is 29.9 Å². The zero-order valence-electron chi connectivity index (χ0n) is 19.4. The van der Waals surface area contributed by atoms with Crippen LogP contribution in [0.3, 0.4) is 0 Å². The molecule has 0 aromatic heterocycles. The van der Waals surface area contributed by atoms with Gasteiger partial charge in [0.05, 0.1) is 0 Å². The Morgan fingerprint density at radius 2 is 1.90 bits per heavy atom. The molecule has 0 amide bonds. The van der Waals surface area contributed by atoms with Crippen molar-refractivity contribution in [1.29, 1.82) is 0 Å². The summed E-state index contributed by atoms with van der Waals surface area (Å²) < 4.78 is 0. The van der Waals surface area contributed by atoms with Crippen molar-refractivity contribution in [3.63, 3.8) is 0 Å². The van der Waals surface area contributed by atoms with Crippen LogP contribution in [0, 0.1) is 23.2 Å². The minimum absolute atomic E-state index is 0.0833. The predicted octanol–water partition coefficient (Wildman–Crippen LogP) is 6.54. The van der Waals surface area contributed by atoms with Gasteiger partial charge in [-0.2, -0.15) is 0 Å². The van der Waals surface area contributed by atoms with Gasteiger partial charge in [-0.05, 0) is 63.2 Å². The van der Waals surface area contributed by atoms with E-state index in [1.54, 1.807) is 6.92 Å². The molecule has 166 valence electrons. The molecule has 3 atom stereocenters. The number of phenols is 3. The standard InChI is InChI=1S/C26H38O4/c1-8-16(4)24(29)23-22(28)14-21(27)19(25(23)30)13-18-11-12-26(6,7)20(17(18)5)10-9-15(2)3/h9,14,16,18,20,27-28,30H,5,8,10-13H2,1-4,6-7H3/t16-,18+,20+/m0/s1. The molecule has 1 aliphatic rings. The minimum Gasteiger partial charge on any atom is -0.507 e. The van der Waals surface area contributed by atoms with E-state index in [1.807, 2.05) is 6.92 Å². The van der Waals surface area contributed by atoms with E-state index in [2.05, 4.69) is 40.3 Å². The van der Waals surface area contributed by atoms with Gasteiger partial charge in [0.25, 0.3) is 0 Å². The molecule has 1 aromatic rings. The predicted molar refractivity (Wildman–Crippen MR) is 122 cm³/mol. The highest BCUT2D eigenvalue weighted by Crippen LogP contribution is 2.50. The molecule has 0 unspecified atom stereocenters. The lowest BCUT2D eigenvalue weighted by Crippen LogP contribution is -2.34. The van der Waals surface area contributed by atoms with E-state index in [4.69, 9.17) is 0 Å². The highest BCUT2D eigenvalue weighted by molar-refractivity contribution is 6.03. The average Bonchev–Trinajstić information content (AvgIpc) is 2.64. The smallest absolute Gasteiger partial charge is 0.173 e. The molecule has 30 heavy (non-hydrogen) atoms. The third kappa shape index (κ3) is 4.91. The molecular formula is C26H38O4. The zero-order valence-corrected chi connectivity index (χ0v) is 19.4. The van der Waals surface area contributed by atoms with Crippen LogP contribution in [-0.4, -0.2) is 21.1 Å². The first kappa shape index (κ1) is 24.0. The number of hydrogen-bond acceptors (Lipinski definition) is 4. The van der Waals surface area contributed by atoms with Gasteiger partial charge in [-0.15, -0.1) is 0 Å². The molecule has 0 bridgehead atoms. The molecule has 2 rings (SSSR count). The summed E-state index contributed by atoms with van der Waals surface area (Å²) in [5, 5.41) is 31.5. The number of benzene rings is 1. The summed E-state index contributed by atoms with van der Waals surface area (Å²) in [6.07, 6.45) is 6.11. The largest absolute Gasteiger partial charge is 0.507 e. The summed E-state index contributed by atoms with van der Waals surface area (Å²) >= 11 is 0. The number of ketones is 1. The van der Waals surface area contributed by atoms with Crippen LogP contribution in [0.5, 0.6) is 17.2 Å². The van der Waals surface area contributed by atoms with Crippen molar-refractivity contribution in [1.82, 2.24) is 0 Å². The third-order valence-electron chi connectivity index (χ3n) is 6.93. The van der Waals surface area contributed by atoms with E-state index in [9.17, 15) is 20.1 Å². The van der Waals surface area contributed by atoms with E-state index in [0.717, 1.165) is 24.8 Å². The molecule has 0 spiro atoms. The van der Waals surface area contributed by atoms with Crippen LogP contribution >= 0.6 is 0 Å². The summed E-state index contributed by atoms with van der Waals surface area (Å²) in [6, 6.07) is 1.18. The van der Waals surface area contributed by atoms with Gasteiger partial charge in [0.1, 0.15) is 22.8 Å². The Hall–Kier alpha value is -2.23. The molecule has 3 N–H and O–H groups in total. The number of Topliss-reactive ketones (excluding diaryl/α,β-unsaturated/α-hetero) is 1. The molecule has 0 heterocycles. The number of phenolic OH excluding ortho intramolecular Hbond substituents is 3. The fourth-order valence-corrected chi connectivity index (χ4v) is 4.55. The second-order valence-electron chi connectivity index (χ2n) is 9.86. The van der Waals surface area contributed by atoms with Crippen LogP contribution in [0.4, 0.5) is 0 Å². The van der Waals surface area contributed by atoms with Crippen LogP contribution in [0.25, 0.3) is 0 Å². The number of aromatic hydroxyl groups is 3. The topological polar surface area (TPSA) is 77.8 Å². The Labute approximate surface area is 181 Å². The van der Waals surface area contributed by atoms with Gasteiger partial charge in [-0.1, -0.05) is 51.5 Å². The first-order valence-electron chi connectivity index (χ1n) is 11.0. The number of rotatable bonds is 7. The SMILES string of the molecule is C=C1[C@@H](Cc2c(O)cc(O)c(C(=O)[C@@H](C)CC)c2O)CCC(C)(C)[C@@H]1CC=C(C)C. The Morgan fingerprint density at radius 1 is 1.27 bits per heavy atom. The lowest BCUT2D eigenvalue weighted by atomic mass is 9.61. The molecule has 4 heteroatoms. The maximum atomic E-state index is 12.7. The molecule has 1 aromatic carbocycles. The van der Waals surface area contributed by atoms with E-state index in [-0.39, 0.29) is 45.8 Å². The van der Waals surface area contributed by atoms with Crippen molar-refractivity contribution in [2.45, 2.75) is 73.6 Å². The molecule has 0 saturated heterocycles. The maximum absolute atomic E-state index is 12.7. The van der Waals surface area contributed by atoms with Gasteiger partial charge >= 0.3 is 0 Å². The molecule has 1 saturated carbocycles. The van der Waals surface area contributed by atoms with Crippen molar-refractivity contribution in [3.8, 4) is 17.2 Å². The highest BCUT2D eigenvalue weighted by atomic mass is 16.3. The van der Waals surface area contributed by atoms with E-state index >= 15 is 0 Å². The molecule has 0 radical (unpaired) electrons. The molecular weight excluding hydrogens is 376 g/mol. The summed E-state index contributed by atoms with van der Waals surface area (Å²) in [5.74, 6) is -1.06. The zero-order chi connectivity index (χ0) is 22.8. The van der Waals surface area contributed by atoms with Gasteiger partial charge in [0.2, 0.25) is 0 Å². The maximum Gasteiger partial charge on any atom is 0.173 e. The van der Waals surface area contributed by atoms with E-state index in [0.29, 0.717) is 24.3 Å².